The van der Waals surface area contributed by atoms with E-state index in [2.05, 4.69) is 4.74 Å². The van der Waals surface area contributed by atoms with Crippen molar-refractivity contribution >= 4 is 5.97 Å². The molecule has 13 heavy (non-hydrogen) atoms. The average Bonchev–Trinajstić information content (AvgIpc) is 1.99. The van der Waals surface area contributed by atoms with E-state index in [0.29, 0.717) is 6.61 Å². The summed E-state index contributed by atoms with van der Waals surface area (Å²) in [6.07, 6.45) is -2.00. The van der Waals surface area contributed by atoms with Crippen molar-refractivity contribution in [3.05, 3.63) is 0 Å². The molecule has 0 bridgehead atoms. The lowest BCUT2D eigenvalue weighted by molar-refractivity contribution is -0.398. The Labute approximate surface area is 76.6 Å². The van der Waals surface area contributed by atoms with E-state index in [-0.39, 0.29) is 12.7 Å². The minimum absolute atomic E-state index is 0.0920. The van der Waals surface area contributed by atoms with Crippen molar-refractivity contribution in [2.24, 2.45) is 0 Å². The van der Waals surface area contributed by atoms with Gasteiger partial charge in [-0.05, 0) is 13.8 Å². The molecule has 0 aromatic heterocycles. The van der Waals surface area contributed by atoms with Crippen molar-refractivity contribution in [1.82, 2.24) is 0 Å². The molecule has 1 aliphatic rings. The number of carbonyl (C=O) groups excluding carboxylic acids is 1. The van der Waals surface area contributed by atoms with Crippen molar-refractivity contribution in [3.63, 3.8) is 0 Å². The molecule has 0 unspecified atom stereocenters. The van der Waals surface area contributed by atoms with Gasteiger partial charge >= 0.3 is 5.97 Å². The highest BCUT2D eigenvalue weighted by molar-refractivity contribution is 5.69. The van der Waals surface area contributed by atoms with Crippen molar-refractivity contribution in [2.75, 3.05) is 6.61 Å². The van der Waals surface area contributed by atoms with Gasteiger partial charge in [0.2, 0.25) is 0 Å². The molecule has 0 spiro atoms. The van der Waals surface area contributed by atoms with Gasteiger partial charge in [-0.25, -0.2) is 0 Å². The summed E-state index contributed by atoms with van der Waals surface area (Å²) in [5, 5.41) is 9.33. The van der Waals surface area contributed by atoms with Crippen LogP contribution in [0.3, 0.4) is 0 Å². The van der Waals surface area contributed by atoms with Gasteiger partial charge in [-0.3, -0.25) is 4.79 Å². The Morgan fingerprint density at radius 3 is 2.69 bits per heavy atom. The zero-order chi connectivity index (χ0) is 9.84. The van der Waals surface area contributed by atoms with Gasteiger partial charge in [-0.15, -0.1) is 0 Å². The molecule has 0 aromatic rings. The van der Waals surface area contributed by atoms with Crippen molar-refractivity contribution in [2.45, 2.75) is 39.0 Å². The Kier molecular flexibility index (Phi) is 3.65. The molecule has 5 nitrogen and oxygen atoms in total. The molecule has 1 N–H and O–H groups in total. The molecule has 0 aliphatic carbocycles. The predicted molar refractivity (Wildman–Crippen MR) is 42.7 cm³/mol. The Balaban J connectivity index is 2.17. The first-order valence-electron chi connectivity index (χ1n) is 4.28. The number of carbonyl (C=O) groups is 1. The van der Waals surface area contributed by atoms with Crippen molar-refractivity contribution in [1.29, 1.82) is 0 Å². The summed E-state index contributed by atoms with van der Waals surface area (Å²) < 4.78 is 14.6. The predicted octanol–water partition coefficient (Wildman–Crippen LogP) is 0.0194. The van der Waals surface area contributed by atoms with Gasteiger partial charge in [0.1, 0.15) is 6.10 Å². The van der Waals surface area contributed by atoms with E-state index < -0.39 is 18.4 Å². The number of hydrogen-bond donors (Lipinski definition) is 1. The standard InChI is InChI=1S/C8H14O5/c1-3-11-7(10)4-6(9)8-12-5(2)13-8/h5-6,8-9H,3-4H2,1-2H3/t5?,6-,8?/m0/s1. The van der Waals surface area contributed by atoms with E-state index in [9.17, 15) is 9.90 Å². The molecule has 76 valence electrons. The first kappa shape index (κ1) is 10.4. The minimum Gasteiger partial charge on any atom is -0.466 e. The molecule has 0 aromatic carbocycles. The van der Waals surface area contributed by atoms with Crippen LogP contribution in [0, 0.1) is 0 Å². The molecule has 1 saturated heterocycles. The molecular weight excluding hydrogens is 176 g/mol. The highest BCUT2D eigenvalue weighted by Gasteiger charge is 2.34. The van der Waals surface area contributed by atoms with Gasteiger partial charge in [0.05, 0.1) is 13.0 Å². The maximum atomic E-state index is 10.9. The number of aliphatic hydroxyl groups is 1. The molecular formula is C8H14O5. The van der Waals surface area contributed by atoms with Gasteiger partial charge in [0, 0.05) is 0 Å². The molecule has 5 heteroatoms. The van der Waals surface area contributed by atoms with Crippen LogP contribution in [-0.4, -0.2) is 36.4 Å². The third-order valence-corrected chi connectivity index (χ3v) is 1.65. The normalized spacial score (nSPS) is 29.2. The Morgan fingerprint density at radius 1 is 1.62 bits per heavy atom. The quantitative estimate of drug-likeness (QED) is 0.633. The van der Waals surface area contributed by atoms with Gasteiger partial charge in [-0.1, -0.05) is 0 Å². The molecule has 1 heterocycles. The van der Waals surface area contributed by atoms with E-state index >= 15 is 0 Å². The molecule has 1 rings (SSSR count). The summed E-state index contributed by atoms with van der Waals surface area (Å²) in [6, 6.07) is 0. The fourth-order valence-corrected chi connectivity index (χ4v) is 1.06. The van der Waals surface area contributed by atoms with Crippen LogP contribution in [0.15, 0.2) is 0 Å². The van der Waals surface area contributed by atoms with E-state index in [4.69, 9.17) is 9.47 Å². The van der Waals surface area contributed by atoms with Crippen LogP contribution in [0.4, 0.5) is 0 Å². The molecule has 0 saturated carbocycles. The molecule has 1 fully saturated rings. The second-order valence-electron chi connectivity index (χ2n) is 2.78. The van der Waals surface area contributed by atoms with Crippen LogP contribution >= 0.6 is 0 Å². The van der Waals surface area contributed by atoms with Gasteiger partial charge in [0.15, 0.2) is 12.6 Å². The zero-order valence-corrected chi connectivity index (χ0v) is 7.73. The maximum Gasteiger partial charge on any atom is 0.308 e. The lowest BCUT2D eigenvalue weighted by Crippen LogP contribution is -2.47. The average molecular weight is 190 g/mol. The lowest BCUT2D eigenvalue weighted by atomic mass is 10.2. The number of hydrogen-bond acceptors (Lipinski definition) is 5. The van der Waals surface area contributed by atoms with Gasteiger partial charge in [0.25, 0.3) is 0 Å². The summed E-state index contributed by atoms with van der Waals surface area (Å²) in [7, 11) is 0. The number of aliphatic hydroxyl groups excluding tert-OH is 1. The van der Waals surface area contributed by atoms with E-state index in [0.717, 1.165) is 0 Å². The lowest BCUT2D eigenvalue weighted by Gasteiger charge is -2.36. The zero-order valence-electron chi connectivity index (χ0n) is 7.73. The van der Waals surface area contributed by atoms with Crippen molar-refractivity contribution < 1.29 is 24.1 Å². The van der Waals surface area contributed by atoms with E-state index in [1.807, 2.05) is 0 Å². The summed E-state index contributed by atoms with van der Waals surface area (Å²) in [4.78, 5) is 10.9. The maximum absolute atomic E-state index is 10.9. The number of ether oxygens (including phenoxy) is 3. The van der Waals surface area contributed by atoms with Gasteiger partial charge in [-0.2, -0.15) is 0 Å². The largest absolute Gasteiger partial charge is 0.466 e. The summed E-state index contributed by atoms with van der Waals surface area (Å²) in [5.74, 6) is -0.443. The molecule has 0 amide bonds. The number of esters is 1. The Hall–Kier alpha value is -0.650. The third-order valence-electron chi connectivity index (χ3n) is 1.65. The summed E-state index contributed by atoms with van der Waals surface area (Å²) in [5.41, 5.74) is 0. The van der Waals surface area contributed by atoms with Crippen LogP contribution in [-0.2, 0) is 19.0 Å². The monoisotopic (exact) mass is 190 g/mol. The molecule has 1 atom stereocenters. The first-order valence-corrected chi connectivity index (χ1v) is 4.28. The minimum atomic E-state index is -0.935. The first-order chi connectivity index (χ1) is 6.13. The Bertz CT molecular complexity index is 175. The SMILES string of the molecule is CCOC(=O)C[C@H](O)C1OC(C)O1. The fourth-order valence-electron chi connectivity index (χ4n) is 1.06. The highest BCUT2D eigenvalue weighted by atomic mass is 16.9. The van der Waals surface area contributed by atoms with Crippen LogP contribution in [0.2, 0.25) is 0 Å². The second kappa shape index (κ2) is 4.55. The van der Waals surface area contributed by atoms with Crippen LogP contribution < -0.4 is 0 Å². The number of rotatable bonds is 4. The summed E-state index contributed by atoms with van der Waals surface area (Å²) >= 11 is 0. The van der Waals surface area contributed by atoms with Crippen LogP contribution in [0.5, 0.6) is 0 Å². The van der Waals surface area contributed by atoms with Gasteiger partial charge < -0.3 is 19.3 Å². The topological polar surface area (TPSA) is 65.0 Å². The fraction of sp³-hybridized carbons (Fsp3) is 0.875. The van der Waals surface area contributed by atoms with Crippen LogP contribution in [0.1, 0.15) is 20.3 Å². The molecule has 1 aliphatic heterocycles. The van der Waals surface area contributed by atoms with E-state index in [1.54, 1.807) is 13.8 Å². The summed E-state index contributed by atoms with van der Waals surface area (Å²) in [6.45, 7) is 3.74. The van der Waals surface area contributed by atoms with E-state index in [1.165, 1.54) is 0 Å². The second-order valence-corrected chi connectivity index (χ2v) is 2.78. The molecule has 0 radical (unpaired) electrons. The Morgan fingerprint density at radius 2 is 2.23 bits per heavy atom. The smallest absolute Gasteiger partial charge is 0.308 e. The highest BCUT2D eigenvalue weighted by Crippen LogP contribution is 2.20. The van der Waals surface area contributed by atoms with Crippen molar-refractivity contribution in [3.8, 4) is 0 Å². The van der Waals surface area contributed by atoms with Crippen LogP contribution in [0.25, 0.3) is 0 Å². The third kappa shape index (κ3) is 2.95.